The SMILES string of the molecule is CS(=O)(=O)NCCNCc1cc(F)cc(C#N)c1. The van der Waals surface area contributed by atoms with Crippen LogP contribution in [0.1, 0.15) is 11.1 Å². The number of halogens is 1. The average molecular weight is 271 g/mol. The van der Waals surface area contributed by atoms with Crippen molar-refractivity contribution >= 4 is 10.0 Å². The van der Waals surface area contributed by atoms with Gasteiger partial charge in [0.05, 0.1) is 17.9 Å². The molecule has 0 heterocycles. The maximum atomic E-state index is 13.1. The summed E-state index contributed by atoms with van der Waals surface area (Å²) in [6.45, 7) is 1.06. The second-order valence-corrected chi connectivity index (χ2v) is 5.64. The Bertz CT molecular complexity index is 552. The van der Waals surface area contributed by atoms with Crippen molar-refractivity contribution in [2.75, 3.05) is 19.3 Å². The van der Waals surface area contributed by atoms with Crippen molar-refractivity contribution in [2.24, 2.45) is 0 Å². The van der Waals surface area contributed by atoms with Crippen molar-refractivity contribution in [2.45, 2.75) is 6.54 Å². The van der Waals surface area contributed by atoms with E-state index in [0.717, 1.165) is 12.3 Å². The van der Waals surface area contributed by atoms with Gasteiger partial charge in [0.25, 0.3) is 0 Å². The maximum Gasteiger partial charge on any atom is 0.208 e. The minimum absolute atomic E-state index is 0.263. The number of nitrogens with one attached hydrogen (secondary N) is 2. The Balaban J connectivity index is 2.40. The Morgan fingerprint density at radius 3 is 2.67 bits per heavy atom. The number of hydrogen-bond acceptors (Lipinski definition) is 4. The highest BCUT2D eigenvalue weighted by Gasteiger charge is 2.01. The molecule has 0 aromatic heterocycles. The lowest BCUT2D eigenvalue weighted by molar-refractivity contribution is 0.581. The van der Waals surface area contributed by atoms with Crippen molar-refractivity contribution < 1.29 is 12.8 Å². The lowest BCUT2D eigenvalue weighted by atomic mass is 10.1. The van der Waals surface area contributed by atoms with E-state index in [1.807, 2.05) is 6.07 Å². The van der Waals surface area contributed by atoms with E-state index in [2.05, 4.69) is 10.0 Å². The van der Waals surface area contributed by atoms with E-state index in [9.17, 15) is 12.8 Å². The Hall–Kier alpha value is -1.49. The zero-order valence-electron chi connectivity index (χ0n) is 9.90. The zero-order chi connectivity index (χ0) is 13.6. The van der Waals surface area contributed by atoms with Gasteiger partial charge in [-0.3, -0.25) is 0 Å². The van der Waals surface area contributed by atoms with E-state index in [-0.39, 0.29) is 12.1 Å². The highest BCUT2D eigenvalue weighted by molar-refractivity contribution is 7.88. The average Bonchev–Trinajstić information content (AvgIpc) is 2.26. The summed E-state index contributed by atoms with van der Waals surface area (Å²) in [6, 6.07) is 5.95. The summed E-state index contributed by atoms with van der Waals surface area (Å²) in [7, 11) is -3.18. The second-order valence-electron chi connectivity index (χ2n) is 3.80. The molecule has 5 nitrogen and oxygen atoms in total. The molecule has 98 valence electrons. The molecule has 0 amide bonds. The summed E-state index contributed by atoms with van der Waals surface area (Å²) < 4.78 is 36.9. The minimum Gasteiger partial charge on any atom is -0.311 e. The first-order valence-electron chi connectivity index (χ1n) is 5.25. The number of nitrogens with zero attached hydrogens (tertiary/aromatic N) is 1. The fourth-order valence-electron chi connectivity index (χ4n) is 1.37. The minimum atomic E-state index is -3.18. The number of benzene rings is 1. The molecule has 0 fully saturated rings. The predicted octanol–water partition coefficient (Wildman–Crippen LogP) is 0.336. The molecule has 18 heavy (non-hydrogen) atoms. The summed E-state index contributed by atoms with van der Waals surface area (Å²) in [5.74, 6) is -0.458. The molecule has 0 saturated heterocycles. The molecule has 0 bridgehead atoms. The lowest BCUT2D eigenvalue weighted by Gasteiger charge is -2.06. The molecular formula is C11H14FN3O2S. The standard InChI is InChI=1S/C11H14FN3O2S/c1-18(16,17)15-3-2-14-8-10-4-9(7-13)5-11(12)6-10/h4-6,14-15H,2-3,8H2,1H3. The van der Waals surface area contributed by atoms with Crippen molar-refractivity contribution in [3.8, 4) is 6.07 Å². The Labute approximate surface area is 106 Å². The highest BCUT2D eigenvalue weighted by atomic mass is 32.2. The lowest BCUT2D eigenvalue weighted by Crippen LogP contribution is -2.30. The summed E-state index contributed by atoms with van der Waals surface area (Å²) in [4.78, 5) is 0. The third-order valence-electron chi connectivity index (χ3n) is 2.08. The fourth-order valence-corrected chi connectivity index (χ4v) is 1.85. The van der Waals surface area contributed by atoms with Crippen LogP contribution in [0, 0.1) is 17.1 Å². The van der Waals surface area contributed by atoms with Gasteiger partial charge in [-0.1, -0.05) is 0 Å². The van der Waals surface area contributed by atoms with Crippen molar-refractivity contribution in [3.05, 3.63) is 35.1 Å². The molecule has 0 spiro atoms. The molecule has 0 aliphatic rings. The number of rotatable bonds is 6. The Kier molecular flexibility index (Phi) is 5.22. The molecule has 2 N–H and O–H groups in total. The first-order valence-corrected chi connectivity index (χ1v) is 7.15. The van der Waals surface area contributed by atoms with Crippen LogP contribution < -0.4 is 10.0 Å². The van der Waals surface area contributed by atoms with Crippen LogP contribution in [0.15, 0.2) is 18.2 Å². The van der Waals surface area contributed by atoms with Gasteiger partial charge in [-0.25, -0.2) is 17.5 Å². The van der Waals surface area contributed by atoms with Gasteiger partial charge in [0.2, 0.25) is 10.0 Å². The summed E-state index contributed by atoms with van der Waals surface area (Å²) in [6.07, 6.45) is 1.08. The topological polar surface area (TPSA) is 82.0 Å². The summed E-state index contributed by atoms with van der Waals surface area (Å²) in [5.41, 5.74) is 0.909. The smallest absolute Gasteiger partial charge is 0.208 e. The van der Waals surface area contributed by atoms with Gasteiger partial charge in [-0.05, 0) is 23.8 Å². The molecular weight excluding hydrogens is 257 g/mol. The molecule has 0 aliphatic heterocycles. The molecule has 0 unspecified atom stereocenters. The van der Waals surface area contributed by atoms with Crippen LogP contribution in [0.3, 0.4) is 0 Å². The van der Waals surface area contributed by atoms with E-state index in [0.29, 0.717) is 18.7 Å². The largest absolute Gasteiger partial charge is 0.311 e. The Morgan fingerprint density at radius 1 is 1.33 bits per heavy atom. The number of nitriles is 1. The molecule has 0 radical (unpaired) electrons. The van der Waals surface area contributed by atoms with Crippen molar-refractivity contribution in [1.29, 1.82) is 5.26 Å². The van der Waals surface area contributed by atoms with Gasteiger partial charge in [-0.15, -0.1) is 0 Å². The van der Waals surface area contributed by atoms with E-state index < -0.39 is 15.8 Å². The van der Waals surface area contributed by atoms with Gasteiger partial charge in [-0.2, -0.15) is 5.26 Å². The molecule has 7 heteroatoms. The van der Waals surface area contributed by atoms with Crippen LogP contribution in [-0.4, -0.2) is 27.8 Å². The van der Waals surface area contributed by atoms with Gasteiger partial charge in [0, 0.05) is 19.6 Å². The van der Waals surface area contributed by atoms with Crippen molar-refractivity contribution in [3.63, 3.8) is 0 Å². The normalized spacial score (nSPS) is 11.2. The van der Waals surface area contributed by atoms with Crippen LogP contribution in [0.5, 0.6) is 0 Å². The van der Waals surface area contributed by atoms with E-state index in [4.69, 9.17) is 5.26 Å². The molecule has 0 atom stereocenters. The van der Waals surface area contributed by atoms with Crippen LogP contribution in [0.4, 0.5) is 4.39 Å². The van der Waals surface area contributed by atoms with Crippen LogP contribution in [-0.2, 0) is 16.6 Å². The predicted molar refractivity (Wildman–Crippen MR) is 65.7 cm³/mol. The van der Waals surface area contributed by atoms with Crippen LogP contribution >= 0.6 is 0 Å². The van der Waals surface area contributed by atoms with Crippen LogP contribution in [0.2, 0.25) is 0 Å². The number of hydrogen-bond donors (Lipinski definition) is 2. The summed E-state index contributed by atoms with van der Waals surface area (Å²) >= 11 is 0. The van der Waals surface area contributed by atoms with E-state index >= 15 is 0 Å². The van der Waals surface area contributed by atoms with Gasteiger partial charge >= 0.3 is 0 Å². The van der Waals surface area contributed by atoms with E-state index in [1.54, 1.807) is 6.07 Å². The Morgan fingerprint density at radius 2 is 2.06 bits per heavy atom. The quantitative estimate of drug-likeness (QED) is 0.731. The molecule has 1 aromatic rings. The molecule has 1 aromatic carbocycles. The first-order chi connectivity index (χ1) is 8.40. The van der Waals surface area contributed by atoms with Gasteiger partial charge in [0.1, 0.15) is 5.82 Å². The molecule has 0 aliphatic carbocycles. The van der Waals surface area contributed by atoms with Gasteiger partial charge < -0.3 is 5.32 Å². The number of sulfonamides is 1. The third kappa shape index (κ3) is 5.72. The van der Waals surface area contributed by atoms with Gasteiger partial charge in [0.15, 0.2) is 0 Å². The second kappa shape index (κ2) is 6.44. The molecule has 1 rings (SSSR count). The van der Waals surface area contributed by atoms with Crippen molar-refractivity contribution in [1.82, 2.24) is 10.0 Å². The van der Waals surface area contributed by atoms with Crippen LogP contribution in [0.25, 0.3) is 0 Å². The summed E-state index contributed by atoms with van der Waals surface area (Å²) in [5, 5.41) is 11.6. The fraction of sp³-hybridized carbons (Fsp3) is 0.364. The highest BCUT2D eigenvalue weighted by Crippen LogP contribution is 2.08. The zero-order valence-corrected chi connectivity index (χ0v) is 10.7. The molecule has 0 saturated carbocycles. The monoisotopic (exact) mass is 271 g/mol. The third-order valence-corrected chi connectivity index (χ3v) is 2.81. The maximum absolute atomic E-state index is 13.1. The van der Waals surface area contributed by atoms with E-state index in [1.165, 1.54) is 6.07 Å². The first kappa shape index (κ1) is 14.6.